The highest BCUT2D eigenvalue weighted by Gasteiger charge is 2.41. The van der Waals surface area contributed by atoms with Crippen LogP contribution in [0.4, 0.5) is 0 Å². The molecule has 2 rings (SSSR count). The number of likely N-dealkylation sites (N-methyl/N-ethyl adjacent to an activating group) is 1. The van der Waals surface area contributed by atoms with Crippen LogP contribution >= 0.6 is 0 Å². The number of ether oxygens (including phenoxy) is 1. The molecule has 1 aliphatic carbocycles. The van der Waals surface area contributed by atoms with Crippen molar-refractivity contribution in [1.29, 1.82) is 0 Å². The van der Waals surface area contributed by atoms with E-state index in [0.717, 1.165) is 12.3 Å². The summed E-state index contributed by atoms with van der Waals surface area (Å²) in [5, 5.41) is 3.37. The number of hydrogen-bond donors (Lipinski definition) is 1. The summed E-state index contributed by atoms with van der Waals surface area (Å²) in [5.74, 6) is 1.11. The first-order chi connectivity index (χ1) is 8.55. The molecule has 0 aliphatic heterocycles. The minimum absolute atomic E-state index is 0.294. The van der Waals surface area contributed by atoms with Crippen LogP contribution in [0.3, 0.4) is 0 Å². The first-order valence-corrected chi connectivity index (χ1v) is 6.85. The first-order valence-electron chi connectivity index (χ1n) is 6.85. The van der Waals surface area contributed by atoms with E-state index in [9.17, 15) is 0 Å². The first kappa shape index (κ1) is 13.4. The van der Waals surface area contributed by atoms with Crippen molar-refractivity contribution in [3.05, 3.63) is 28.3 Å². The minimum atomic E-state index is 0.294. The monoisotopic (exact) mass is 247 g/mol. The molecular weight excluding hydrogens is 222 g/mol. The largest absolute Gasteiger partial charge is 0.496 e. The van der Waals surface area contributed by atoms with Gasteiger partial charge in [0.15, 0.2) is 0 Å². The molecule has 1 aromatic carbocycles. The van der Waals surface area contributed by atoms with E-state index in [-0.39, 0.29) is 0 Å². The quantitative estimate of drug-likeness (QED) is 0.881. The van der Waals surface area contributed by atoms with Crippen LogP contribution in [0, 0.1) is 20.8 Å². The lowest BCUT2D eigenvalue weighted by atomic mass is 9.62. The van der Waals surface area contributed by atoms with E-state index in [1.807, 2.05) is 7.05 Å². The van der Waals surface area contributed by atoms with Crippen LogP contribution in [0.1, 0.15) is 41.5 Å². The van der Waals surface area contributed by atoms with Crippen molar-refractivity contribution >= 4 is 0 Å². The van der Waals surface area contributed by atoms with Crippen LogP contribution in [0.15, 0.2) is 6.07 Å². The molecular formula is C16H25NO. The molecule has 0 atom stereocenters. The van der Waals surface area contributed by atoms with Crippen LogP contribution in [0.5, 0.6) is 5.75 Å². The minimum Gasteiger partial charge on any atom is -0.496 e. The Labute approximate surface area is 111 Å². The second-order valence-corrected chi connectivity index (χ2v) is 5.71. The van der Waals surface area contributed by atoms with Gasteiger partial charge in [0, 0.05) is 17.5 Å². The van der Waals surface area contributed by atoms with E-state index in [4.69, 9.17) is 4.74 Å². The summed E-state index contributed by atoms with van der Waals surface area (Å²) in [4.78, 5) is 0. The summed E-state index contributed by atoms with van der Waals surface area (Å²) in [6.45, 7) is 7.61. The Hall–Kier alpha value is -1.02. The lowest BCUT2D eigenvalue weighted by Crippen LogP contribution is -2.43. The van der Waals surface area contributed by atoms with Crippen molar-refractivity contribution in [1.82, 2.24) is 5.32 Å². The van der Waals surface area contributed by atoms with E-state index >= 15 is 0 Å². The van der Waals surface area contributed by atoms with Gasteiger partial charge in [0.05, 0.1) is 7.11 Å². The molecule has 1 N–H and O–H groups in total. The number of nitrogens with one attached hydrogen (secondary N) is 1. The van der Waals surface area contributed by atoms with Gasteiger partial charge in [-0.05, 0) is 57.4 Å². The predicted molar refractivity (Wildman–Crippen MR) is 76.7 cm³/mol. The van der Waals surface area contributed by atoms with Gasteiger partial charge in [-0.3, -0.25) is 0 Å². The van der Waals surface area contributed by atoms with E-state index in [0.29, 0.717) is 5.41 Å². The maximum absolute atomic E-state index is 5.74. The third-order valence-electron chi connectivity index (χ3n) is 4.55. The molecule has 0 bridgehead atoms. The van der Waals surface area contributed by atoms with Gasteiger partial charge in [-0.15, -0.1) is 0 Å². The highest BCUT2D eigenvalue weighted by Crippen LogP contribution is 2.49. The smallest absolute Gasteiger partial charge is 0.126 e. The van der Waals surface area contributed by atoms with Gasteiger partial charge in [0.1, 0.15) is 5.75 Å². The van der Waals surface area contributed by atoms with Gasteiger partial charge in [-0.1, -0.05) is 12.5 Å². The van der Waals surface area contributed by atoms with Crippen LogP contribution in [0.2, 0.25) is 0 Å². The predicted octanol–water partition coefficient (Wildman–Crippen LogP) is 3.26. The topological polar surface area (TPSA) is 21.3 Å². The van der Waals surface area contributed by atoms with E-state index < -0.39 is 0 Å². The van der Waals surface area contributed by atoms with Crippen molar-refractivity contribution in [2.24, 2.45) is 0 Å². The highest BCUT2D eigenvalue weighted by molar-refractivity contribution is 5.54. The Balaban J connectivity index is 2.58. The highest BCUT2D eigenvalue weighted by atomic mass is 16.5. The molecule has 0 saturated heterocycles. The molecule has 0 spiro atoms. The normalized spacial score (nSPS) is 17.4. The molecule has 0 radical (unpaired) electrons. The molecule has 1 fully saturated rings. The summed E-state index contributed by atoms with van der Waals surface area (Å²) in [6.07, 6.45) is 3.87. The van der Waals surface area contributed by atoms with Crippen LogP contribution in [0.25, 0.3) is 0 Å². The molecule has 18 heavy (non-hydrogen) atoms. The van der Waals surface area contributed by atoms with Gasteiger partial charge in [-0.25, -0.2) is 0 Å². The van der Waals surface area contributed by atoms with Crippen LogP contribution in [-0.2, 0) is 5.41 Å². The lowest BCUT2D eigenvalue weighted by molar-refractivity contribution is 0.229. The van der Waals surface area contributed by atoms with Crippen molar-refractivity contribution in [2.45, 2.75) is 45.4 Å². The molecule has 1 aliphatic rings. The Bertz CT molecular complexity index is 447. The zero-order valence-electron chi connectivity index (χ0n) is 12.3. The number of hydrogen-bond acceptors (Lipinski definition) is 2. The van der Waals surface area contributed by atoms with Crippen molar-refractivity contribution in [2.75, 3.05) is 20.7 Å². The molecule has 1 saturated carbocycles. The summed E-state index contributed by atoms with van der Waals surface area (Å²) < 4.78 is 5.74. The Morgan fingerprint density at radius 2 is 1.89 bits per heavy atom. The molecule has 100 valence electrons. The number of rotatable bonds is 4. The van der Waals surface area contributed by atoms with Gasteiger partial charge in [0.25, 0.3) is 0 Å². The number of benzene rings is 1. The average molecular weight is 247 g/mol. The van der Waals surface area contributed by atoms with Crippen LogP contribution < -0.4 is 10.1 Å². The SMILES string of the molecule is CNCC1(c2c(C)cc(C)c(C)c2OC)CCC1. The fourth-order valence-electron chi connectivity index (χ4n) is 3.42. The average Bonchev–Trinajstić information content (AvgIpc) is 2.29. The van der Waals surface area contributed by atoms with Crippen LogP contribution in [-0.4, -0.2) is 20.7 Å². The summed E-state index contributed by atoms with van der Waals surface area (Å²) in [6, 6.07) is 2.31. The van der Waals surface area contributed by atoms with Gasteiger partial charge < -0.3 is 10.1 Å². The van der Waals surface area contributed by atoms with Gasteiger partial charge in [-0.2, -0.15) is 0 Å². The molecule has 2 nitrogen and oxygen atoms in total. The maximum Gasteiger partial charge on any atom is 0.126 e. The third kappa shape index (κ3) is 1.93. The van der Waals surface area contributed by atoms with Crippen molar-refractivity contribution in [3.8, 4) is 5.75 Å². The van der Waals surface area contributed by atoms with Gasteiger partial charge in [0.2, 0.25) is 0 Å². The van der Waals surface area contributed by atoms with E-state index in [2.05, 4.69) is 32.2 Å². The molecule has 0 unspecified atom stereocenters. The Morgan fingerprint density at radius 3 is 2.33 bits per heavy atom. The van der Waals surface area contributed by atoms with Crippen molar-refractivity contribution < 1.29 is 4.74 Å². The summed E-state index contributed by atoms with van der Waals surface area (Å²) >= 11 is 0. The number of aryl methyl sites for hydroxylation is 2. The fourth-order valence-corrected chi connectivity index (χ4v) is 3.42. The molecule has 2 heteroatoms. The second-order valence-electron chi connectivity index (χ2n) is 5.71. The Kier molecular flexibility index (Phi) is 3.67. The molecule has 0 aromatic heterocycles. The Morgan fingerprint density at radius 1 is 1.22 bits per heavy atom. The maximum atomic E-state index is 5.74. The lowest BCUT2D eigenvalue weighted by Gasteiger charge is -2.44. The third-order valence-corrected chi connectivity index (χ3v) is 4.55. The summed E-state index contributed by atoms with van der Waals surface area (Å²) in [7, 11) is 3.85. The number of methoxy groups -OCH3 is 1. The van der Waals surface area contributed by atoms with E-state index in [1.54, 1.807) is 7.11 Å². The van der Waals surface area contributed by atoms with Crippen molar-refractivity contribution in [3.63, 3.8) is 0 Å². The molecule has 1 aromatic rings. The standard InChI is InChI=1S/C16H25NO/c1-11-9-12(2)14(15(18-5)13(11)3)16(10-17-4)7-6-8-16/h9,17H,6-8,10H2,1-5H3. The zero-order valence-corrected chi connectivity index (χ0v) is 12.3. The second kappa shape index (κ2) is 4.93. The summed E-state index contributed by atoms with van der Waals surface area (Å²) in [5.41, 5.74) is 5.73. The molecule has 0 amide bonds. The van der Waals surface area contributed by atoms with Gasteiger partial charge >= 0.3 is 0 Å². The fraction of sp³-hybridized carbons (Fsp3) is 0.625. The molecule has 0 heterocycles. The van der Waals surface area contributed by atoms with E-state index in [1.165, 1.54) is 41.5 Å². The zero-order chi connectivity index (χ0) is 13.3.